The maximum atomic E-state index is 11.8. The predicted octanol–water partition coefficient (Wildman–Crippen LogP) is 1.68. The van der Waals surface area contributed by atoms with E-state index in [1.165, 1.54) is 0 Å². The van der Waals surface area contributed by atoms with E-state index in [0.717, 1.165) is 62.7 Å². The summed E-state index contributed by atoms with van der Waals surface area (Å²) in [4.78, 5) is 14.2. The molecule has 1 saturated heterocycles. The van der Waals surface area contributed by atoms with E-state index in [-0.39, 0.29) is 5.91 Å². The molecule has 0 saturated carbocycles. The zero-order chi connectivity index (χ0) is 14.9. The van der Waals surface area contributed by atoms with Crippen LogP contribution in [0.15, 0.2) is 24.3 Å². The predicted molar refractivity (Wildman–Crippen MR) is 86.7 cm³/mol. The van der Waals surface area contributed by atoms with E-state index in [2.05, 4.69) is 15.5 Å². The van der Waals surface area contributed by atoms with Gasteiger partial charge in [0.1, 0.15) is 0 Å². The van der Waals surface area contributed by atoms with Gasteiger partial charge in [0.15, 0.2) is 0 Å². The smallest absolute Gasteiger partial charge is 0.220 e. The maximum absolute atomic E-state index is 11.8. The second-order valence-electron chi connectivity index (χ2n) is 5.42. The van der Waals surface area contributed by atoms with Crippen molar-refractivity contribution < 1.29 is 4.79 Å². The maximum Gasteiger partial charge on any atom is 0.220 e. The molecule has 1 aromatic carbocycles. The summed E-state index contributed by atoms with van der Waals surface area (Å²) in [6, 6.07) is 7.67. The van der Waals surface area contributed by atoms with Crippen LogP contribution >= 0.6 is 11.6 Å². The second-order valence-corrected chi connectivity index (χ2v) is 5.86. The zero-order valence-electron chi connectivity index (χ0n) is 12.4. The molecule has 0 aliphatic carbocycles. The van der Waals surface area contributed by atoms with E-state index in [4.69, 9.17) is 11.6 Å². The summed E-state index contributed by atoms with van der Waals surface area (Å²) in [5.41, 5.74) is 1.15. The van der Waals surface area contributed by atoms with Crippen LogP contribution in [0.1, 0.15) is 18.4 Å². The molecule has 2 rings (SSSR count). The van der Waals surface area contributed by atoms with Gasteiger partial charge in [0, 0.05) is 44.2 Å². The van der Waals surface area contributed by atoms with Crippen molar-refractivity contribution in [3.63, 3.8) is 0 Å². The van der Waals surface area contributed by atoms with E-state index in [9.17, 15) is 4.79 Å². The van der Waals surface area contributed by atoms with Crippen molar-refractivity contribution in [2.75, 3.05) is 39.3 Å². The number of carbonyl (C=O) groups excluding carboxylic acids is 1. The average molecular weight is 310 g/mol. The van der Waals surface area contributed by atoms with Gasteiger partial charge in [0.05, 0.1) is 0 Å². The van der Waals surface area contributed by atoms with Crippen molar-refractivity contribution in [3.8, 4) is 0 Å². The van der Waals surface area contributed by atoms with E-state index in [0.29, 0.717) is 6.42 Å². The number of nitrogens with one attached hydrogen (secondary N) is 2. The highest BCUT2D eigenvalue weighted by Gasteiger charge is 2.08. The fraction of sp³-hybridized carbons (Fsp3) is 0.562. The van der Waals surface area contributed by atoms with Gasteiger partial charge in [-0.05, 0) is 37.1 Å². The van der Waals surface area contributed by atoms with Gasteiger partial charge < -0.3 is 15.5 Å². The summed E-state index contributed by atoms with van der Waals surface area (Å²) < 4.78 is 0. The van der Waals surface area contributed by atoms with Crippen LogP contribution in [0, 0.1) is 0 Å². The minimum absolute atomic E-state index is 0.130. The lowest BCUT2D eigenvalue weighted by Crippen LogP contribution is -2.44. The molecule has 1 fully saturated rings. The first kappa shape index (κ1) is 16.3. The normalized spacial score (nSPS) is 15.9. The highest BCUT2D eigenvalue weighted by molar-refractivity contribution is 6.30. The Labute approximate surface area is 131 Å². The van der Waals surface area contributed by atoms with Crippen molar-refractivity contribution in [2.24, 2.45) is 0 Å². The number of aryl methyl sites for hydroxylation is 1. The third-order valence-corrected chi connectivity index (χ3v) is 3.99. The lowest BCUT2D eigenvalue weighted by atomic mass is 10.1. The van der Waals surface area contributed by atoms with Crippen LogP contribution in [-0.2, 0) is 11.2 Å². The molecule has 1 amide bonds. The molecule has 2 N–H and O–H groups in total. The summed E-state index contributed by atoms with van der Waals surface area (Å²) in [7, 11) is 0. The summed E-state index contributed by atoms with van der Waals surface area (Å²) in [5.74, 6) is 0.130. The lowest BCUT2D eigenvalue weighted by molar-refractivity contribution is -0.121. The molecule has 5 heteroatoms. The summed E-state index contributed by atoms with van der Waals surface area (Å²) in [6.07, 6.45) is 2.32. The van der Waals surface area contributed by atoms with Gasteiger partial charge in [0.2, 0.25) is 5.91 Å². The van der Waals surface area contributed by atoms with Crippen LogP contribution in [0.5, 0.6) is 0 Å². The van der Waals surface area contributed by atoms with Crippen molar-refractivity contribution in [1.82, 2.24) is 15.5 Å². The van der Waals surface area contributed by atoms with E-state index >= 15 is 0 Å². The molecule has 1 aliphatic heterocycles. The van der Waals surface area contributed by atoms with Crippen LogP contribution in [0.4, 0.5) is 0 Å². The number of rotatable bonds is 7. The molecule has 0 unspecified atom stereocenters. The van der Waals surface area contributed by atoms with Gasteiger partial charge in [-0.15, -0.1) is 0 Å². The fourth-order valence-corrected chi connectivity index (χ4v) is 2.59. The standard InChI is InChI=1S/C16H24ClN3O/c17-15-5-2-14(3-6-15)4-7-16(21)19-8-1-11-20-12-9-18-10-13-20/h2-3,5-6,18H,1,4,7-13H2,(H,19,21). The van der Waals surface area contributed by atoms with Crippen molar-refractivity contribution in [3.05, 3.63) is 34.9 Å². The SMILES string of the molecule is O=C(CCc1ccc(Cl)cc1)NCCCN1CCNCC1. The molecule has 0 atom stereocenters. The van der Waals surface area contributed by atoms with E-state index < -0.39 is 0 Å². The van der Waals surface area contributed by atoms with Crippen molar-refractivity contribution in [2.45, 2.75) is 19.3 Å². The third kappa shape index (κ3) is 6.46. The van der Waals surface area contributed by atoms with Gasteiger partial charge in [-0.1, -0.05) is 23.7 Å². The Morgan fingerprint density at radius 3 is 2.67 bits per heavy atom. The largest absolute Gasteiger partial charge is 0.356 e. The van der Waals surface area contributed by atoms with E-state index in [1.54, 1.807) is 0 Å². The van der Waals surface area contributed by atoms with Crippen LogP contribution in [0.3, 0.4) is 0 Å². The minimum atomic E-state index is 0.130. The average Bonchev–Trinajstić information content (AvgIpc) is 2.52. The monoisotopic (exact) mass is 309 g/mol. The number of benzene rings is 1. The molecule has 1 heterocycles. The number of hydrogen-bond donors (Lipinski definition) is 2. The number of halogens is 1. The Bertz CT molecular complexity index is 430. The van der Waals surface area contributed by atoms with Crippen molar-refractivity contribution >= 4 is 17.5 Å². The van der Waals surface area contributed by atoms with E-state index in [1.807, 2.05) is 24.3 Å². The Balaban J connectivity index is 1.54. The molecule has 116 valence electrons. The molecule has 0 spiro atoms. The van der Waals surface area contributed by atoms with Crippen LogP contribution in [-0.4, -0.2) is 50.1 Å². The topological polar surface area (TPSA) is 44.4 Å². The molecular formula is C16H24ClN3O. The Morgan fingerprint density at radius 2 is 1.95 bits per heavy atom. The number of nitrogens with zero attached hydrogens (tertiary/aromatic N) is 1. The molecule has 0 aromatic heterocycles. The van der Waals surface area contributed by atoms with Crippen molar-refractivity contribution in [1.29, 1.82) is 0 Å². The Hall–Kier alpha value is -1.10. The number of piperazine rings is 1. The third-order valence-electron chi connectivity index (χ3n) is 3.74. The minimum Gasteiger partial charge on any atom is -0.356 e. The molecule has 0 radical (unpaired) electrons. The molecular weight excluding hydrogens is 286 g/mol. The van der Waals surface area contributed by atoms with Crippen LogP contribution in [0.2, 0.25) is 5.02 Å². The molecule has 0 bridgehead atoms. The summed E-state index contributed by atoms with van der Waals surface area (Å²) >= 11 is 5.84. The first-order chi connectivity index (χ1) is 10.2. The second kappa shape index (κ2) is 9.03. The first-order valence-corrected chi connectivity index (χ1v) is 8.06. The molecule has 4 nitrogen and oxygen atoms in total. The Morgan fingerprint density at radius 1 is 1.24 bits per heavy atom. The molecule has 1 aromatic rings. The quantitative estimate of drug-likeness (QED) is 0.753. The van der Waals surface area contributed by atoms with Gasteiger partial charge in [-0.25, -0.2) is 0 Å². The number of carbonyl (C=O) groups is 1. The Kier molecular flexibility index (Phi) is 7.00. The first-order valence-electron chi connectivity index (χ1n) is 7.68. The fourth-order valence-electron chi connectivity index (χ4n) is 2.46. The lowest BCUT2D eigenvalue weighted by Gasteiger charge is -2.27. The van der Waals surface area contributed by atoms with Crippen LogP contribution < -0.4 is 10.6 Å². The zero-order valence-corrected chi connectivity index (χ0v) is 13.2. The number of hydrogen-bond acceptors (Lipinski definition) is 3. The van der Waals surface area contributed by atoms with Gasteiger partial charge in [-0.3, -0.25) is 4.79 Å². The molecule has 1 aliphatic rings. The summed E-state index contributed by atoms with van der Waals surface area (Å²) in [5, 5.41) is 7.07. The van der Waals surface area contributed by atoms with Gasteiger partial charge in [0.25, 0.3) is 0 Å². The van der Waals surface area contributed by atoms with Crippen LogP contribution in [0.25, 0.3) is 0 Å². The van der Waals surface area contributed by atoms with Gasteiger partial charge in [-0.2, -0.15) is 0 Å². The highest BCUT2D eigenvalue weighted by Crippen LogP contribution is 2.10. The highest BCUT2D eigenvalue weighted by atomic mass is 35.5. The van der Waals surface area contributed by atoms with Gasteiger partial charge >= 0.3 is 0 Å². The number of amides is 1. The summed E-state index contributed by atoms with van der Waals surface area (Å²) in [6.45, 7) is 6.22. The molecule has 21 heavy (non-hydrogen) atoms.